The van der Waals surface area contributed by atoms with E-state index in [0.29, 0.717) is 16.4 Å². The number of halogens is 1. The lowest BCUT2D eigenvalue weighted by molar-refractivity contribution is 0.102. The molecule has 0 spiro atoms. The Bertz CT molecular complexity index is 978. The van der Waals surface area contributed by atoms with Crippen molar-refractivity contribution < 1.29 is 4.79 Å². The highest BCUT2D eigenvalue weighted by atomic mass is 35.5. The zero-order valence-electron chi connectivity index (χ0n) is 17.2. The molecular formula is C21H27ClN6O. The lowest BCUT2D eigenvalue weighted by atomic mass is 10.2. The average molecular weight is 415 g/mol. The Kier molecular flexibility index (Phi) is 7.04. The van der Waals surface area contributed by atoms with Crippen LogP contribution in [0.1, 0.15) is 49.9 Å². The number of carbonyl (C=O) groups excluding carboxylic acids is 1. The van der Waals surface area contributed by atoms with Gasteiger partial charge in [-0.2, -0.15) is 5.10 Å². The van der Waals surface area contributed by atoms with Gasteiger partial charge in [-0.15, -0.1) is 0 Å². The van der Waals surface area contributed by atoms with Gasteiger partial charge in [-0.05, 0) is 31.0 Å². The molecule has 154 valence electrons. The molecule has 1 N–H and O–H groups in total. The van der Waals surface area contributed by atoms with E-state index < -0.39 is 0 Å². The number of hydrogen-bond acceptors (Lipinski definition) is 5. The van der Waals surface area contributed by atoms with Crippen LogP contribution < -0.4 is 10.2 Å². The van der Waals surface area contributed by atoms with Gasteiger partial charge in [0.2, 0.25) is 0 Å². The fourth-order valence-corrected chi connectivity index (χ4v) is 3.60. The van der Waals surface area contributed by atoms with Gasteiger partial charge < -0.3 is 10.2 Å². The van der Waals surface area contributed by atoms with Crippen LogP contribution in [0, 0.1) is 0 Å². The predicted molar refractivity (Wildman–Crippen MR) is 118 cm³/mol. The zero-order valence-corrected chi connectivity index (χ0v) is 17.9. The first-order chi connectivity index (χ1) is 14.1. The number of hydrogen-bond donors (Lipinski definition) is 1. The SMILES string of the molecule is CC.Cn1nc(NC(=O)c2cnccc2Cl)c2ccc(N3CCCCCC3)nc21. The van der Waals surface area contributed by atoms with Crippen LogP contribution in [0.2, 0.25) is 5.02 Å². The van der Waals surface area contributed by atoms with E-state index in [4.69, 9.17) is 16.6 Å². The quantitative estimate of drug-likeness (QED) is 0.673. The zero-order chi connectivity index (χ0) is 20.8. The molecule has 0 aliphatic carbocycles. The standard InChI is InChI=1S/C19H21ClN6O.C2H6/c1-25-18-13(6-7-16(22-18)26-10-4-2-3-5-11-26)17(24-25)23-19(27)14-12-21-9-8-15(14)20;1-2/h6-9,12H,2-5,10-11H2,1H3,(H,23,24,27);1-2H3. The third-order valence-electron chi connectivity index (χ3n) is 4.85. The van der Waals surface area contributed by atoms with Crippen LogP contribution in [0.3, 0.4) is 0 Å². The van der Waals surface area contributed by atoms with Crippen LogP contribution in [-0.2, 0) is 7.05 Å². The van der Waals surface area contributed by atoms with Gasteiger partial charge in [-0.25, -0.2) is 9.67 Å². The third kappa shape index (κ3) is 4.67. The molecule has 4 heterocycles. The lowest BCUT2D eigenvalue weighted by Gasteiger charge is -2.21. The molecule has 8 heteroatoms. The van der Waals surface area contributed by atoms with E-state index in [0.717, 1.165) is 29.9 Å². The van der Waals surface area contributed by atoms with Crippen LogP contribution >= 0.6 is 11.6 Å². The summed E-state index contributed by atoms with van der Waals surface area (Å²) in [5.41, 5.74) is 1.05. The van der Waals surface area contributed by atoms with Crippen LogP contribution in [0.15, 0.2) is 30.6 Å². The molecule has 0 radical (unpaired) electrons. The van der Waals surface area contributed by atoms with Gasteiger partial charge in [0.25, 0.3) is 5.91 Å². The van der Waals surface area contributed by atoms with Crippen molar-refractivity contribution in [1.29, 1.82) is 0 Å². The summed E-state index contributed by atoms with van der Waals surface area (Å²) in [4.78, 5) is 23.6. The van der Waals surface area contributed by atoms with Crippen LogP contribution in [0.5, 0.6) is 0 Å². The second-order valence-electron chi connectivity index (χ2n) is 6.72. The van der Waals surface area contributed by atoms with E-state index in [9.17, 15) is 4.79 Å². The summed E-state index contributed by atoms with van der Waals surface area (Å²) in [5, 5.41) is 8.40. The van der Waals surface area contributed by atoms with E-state index in [2.05, 4.69) is 20.3 Å². The summed E-state index contributed by atoms with van der Waals surface area (Å²) in [5.74, 6) is 1.08. The topological polar surface area (TPSA) is 75.9 Å². The molecular weight excluding hydrogens is 388 g/mol. The van der Waals surface area contributed by atoms with Gasteiger partial charge in [0.1, 0.15) is 5.82 Å². The van der Waals surface area contributed by atoms with E-state index in [1.165, 1.54) is 31.9 Å². The number of fused-ring (bicyclic) bond motifs is 1. The van der Waals surface area contributed by atoms with Gasteiger partial charge in [-0.1, -0.05) is 38.3 Å². The molecule has 0 saturated carbocycles. The molecule has 0 unspecified atom stereocenters. The number of carbonyl (C=O) groups is 1. The second kappa shape index (κ2) is 9.69. The van der Waals surface area contributed by atoms with Gasteiger partial charge >= 0.3 is 0 Å². The number of anilines is 2. The van der Waals surface area contributed by atoms with Crippen molar-refractivity contribution in [3.05, 3.63) is 41.2 Å². The molecule has 29 heavy (non-hydrogen) atoms. The predicted octanol–water partition coefficient (Wildman–Crippen LogP) is 4.68. The number of nitrogens with one attached hydrogen (secondary N) is 1. The smallest absolute Gasteiger partial charge is 0.259 e. The van der Waals surface area contributed by atoms with Crippen molar-refractivity contribution in [2.75, 3.05) is 23.3 Å². The van der Waals surface area contributed by atoms with Crippen LogP contribution in [-0.4, -0.2) is 38.7 Å². The summed E-state index contributed by atoms with van der Waals surface area (Å²) in [6, 6.07) is 5.56. The molecule has 1 aliphatic rings. The van der Waals surface area contributed by atoms with E-state index >= 15 is 0 Å². The lowest BCUT2D eigenvalue weighted by Crippen LogP contribution is -2.24. The fraction of sp³-hybridized carbons (Fsp3) is 0.429. The Labute approximate surface area is 176 Å². The number of nitrogens with zero attached hydrogens (tertiary/aromatic N) is 5. The molecule has 7 nitrogen and oxygen atoms in total. The minimum absolute atomic E-state index is 0.312. The first kappa shape index (κ1) is 21.0. The monoisotopic (exact) mass is 414 g/mol. The Hall–Kier alpha value is -2.67. The molecule has 1 saturated heterocycles. The Morgan fingerprint density at radius 1 is 1.10 bits per heavy atom. The minimum atomic E-state index is -0.343. The molecule has 1 amide bonds. The normalized spacial score (nSPS) is 14.1. The van der Waals surface area contributed by atoms with Crippen molar-refractivity contribution >= 4 is 40.2 Å². The molecule has 0 aromatic carbocycles. The number of aromatic nitrogens is 4. The van der Waals surface area contributed by atoms with Crippen molar-refractivity contribution in [2.24, 2.45) is 7.05 Å². The summed E-state index contributed by atoms with van der Waals surface area (Å²) in [6.07, 6.45) is 7.92. The molecule has 1 aliphatic heterocycles. The molecule has 0 bridgehead atoms. The first-order valence-corrected chi connectivity index (χ1v) is 10.5. The summed E-state index contributed by atoms with van der Waals surface area (Å²) < 4.78 is 1.69. The second-order valence-corrected chi connectivity index (χ2v) is 7.13. The van der Waals surface area contributed by atoms with E-state index in [-0.39, 0.29) is 5.91 Å². The average Bonchev–Trinajstić information content (AvgIpc) is 2.92. The largest absolute Gasteiger partial charge is 0.357 e. The summed E-state index contributed by atoms with van der Waals surface area (Å²) >= 11 is 6.08. The van der Waals surface area contributed by atoms with Crippen molar-refractivity contribution in [2.45, 2.75) is 39.5 Å². The molecule has 3 aromatic rings. The van der Waals surface area contributed by atoms with Crippen LogP contribution in [0.4, 0.5) is 11.6 Å². The molecule has 1 fully saturated rings. The van der Waals surface area contributed by atoms with Gasteiger partial charge in [0, 0.05) is 32.5 Å². The highest BCUT2D eigenvalue weighted by Gasteiger charge is 2.18. The molecule has 3 aromatic heterocycles. The molecule has 4 rings (SSSR count). The minimum Gasteiger partial charge on any atom is -0.357 e. The maximum absolute atomic E-state index is 12.5. The molecule has 0 atom stereocenters. The fourth-order valence-electron chi connectivity index (χ4n) is 3.41. The highest BCUT2D eigenvalue weighted by Crippen LogP contribution is 2.26. The van der Waals surface area contributed by atoms with E-state index in [1.54, 1.807) is 16.9 Å². The maximum Gasteiger partial charge on any atom is 0.259 e. The first-order valence-electron chi connectivity index (χ1n) is 10.1. The maximum atomic E-state index is 12.5. The van der Waals surface area contributed by atoms with E-state index in [1.807, 2.05) is 33.0 Å². The number of pyridine rings is 2. The van der Waals surface area contributed by atoms with Crippen molar-refractivity contribution in [3.8, 4) is 0 Å². The van der Waals surface area contributed by atoms with Crippen molar-refractivity contribution in [3.63, 3.8) is 0 Å². The Balaban J connectivity index is 0.00000117. The van der Waals surface area contributed by atoms with Crippen molar-refractivity contribution in [1.82, 2.24) is 19.7 Å². The van der Waals surface area contributed by atoms with Gasteiger partial charge in [-0.3, -0.25) is 9.78 Å². The van der Waals surface area contributed by atoms with Gasteiger partial charge in [0.05, 0.1) is 16.0 Å². The Morgan fingerprint density at radius 3 is 2.52 bits per heavy atom. The third-order valence-corrected chi connectivity index (χ3v) is 5.18. The van der Waals surface area contributed by atoms with Gasteiger partial charge in [0.15, 0.2) is 11.5 Å². The Morgan fingerprint density at radius 2 is 1.83 bits per heavy atom. The number of rotatable bonds is 3. The number of amides is 1. The summed E-state index contributed by atoms with van der Waals surface area (Å²) in [6.45, 7) is 6.05. The number of aryl methyl sites for hydroxylation is 1. The highest BCUT2D eigenvalue weighted by molar-refractivity contribution is 6.34. The summed E-state index contributed by atoms with van der Waals surface area (Å²) in [7, 11) is 1.83. The van der Waals surface area contributed by atoms with Crippen LogP contribution in [0.25, 0.3) is 11.0 Å².